The molecule has 25 heavy (non-hydrogen) atoms. The summed E-state index contributed by atoms with van der Waals surface area (Å²) in [4.78, 5) is 10.6. The van der Waals surface area contributed by atoms with Crippen LogP contribution in [0.25, 0.3) is 0 Å². The number of aliphatic hydroxyl groups is 3. The molecule has 6 unspecified atom stereocenters. The second-order valence-electron chi connectivity index (χ2n) is 7.20. The van der Waals surface area contributed by atoms with Gasteiger partial charge in [0.1, 0.15) is 0 Å². The van der Waals surface area contributed by atoms with Gasteiger partial charge < -0.3 is 20.4 Å². The first-order valence-electron chi connectivity index (χ1n) is 9.39. The third kappa shape index (κ3) is 8.58. The molecule has 1 aliphatic rings. The summed E-state index contributed by atoms with van der Waals surface area (Å²) in [6.07, 6.45) is 7.21. The molecule has 0 aromatic heterocycles. The average Bonchev–Trinajstić information content (AvgIpc) is 2.82. The highest BCUT2D eigenvalue weighted by molar-refractivity contribution is 8.00. The molecule has 0 aromatic rings. The van der Waals surface area contributed by atoms with E-state index < -0.39 is 18.2 Å². The van der Waals surface area contributed by atoms with Crippen molar-refractivity contribution in [2.24, 2.45) is 11.8 Å². The van der Waals surface area contributed by atoms with Gasteiger partial charge >= 0.3 is 5.97 Å². The number of hydrogen-bond acceptors (Lipinski definition) is 5. The summed E-state index contributed by atoms with van der Waals surface area (Å²) in [5.41, 5.74) is 0. The largest absolute Gasteiger partial charge is 0.481 e. The number of aliphatic hydroxyl groups excluding tert-OH is 3. The van der Waals surface area contributed by atoms with Gasteiger partial charge in [-0.25, -0.2) is 0 Å². The lowest BCUT2D eigenvalue weighted by atomic mass is 9.98. The van der Waals surface area contributed by atoms with Crippen molar-refractivity contribution < 1.29 is 25.2 Å². The normalized spacial score (nSPS) is 29.2. The van der Waals surface area contributed by atoms with Gasteiger partial charge in [0.2, 0.25) is 0 Å². The van der Waals surface area contributed by atoms with Crippen LogP contribution in [0.3, 0.4) is 0 Å². The molecule has 1 saturated carbocycles. The fourth-order valence-electron chi connectivity index (χ4n) is 3.25. The highest BCUT2D eigenvalue weighted by atomic mass is 32.2. The zero-order chi connectivity index (χ0) is 18.8. The Hall–Kier alpha value is -0.560. The van der Waals surface area contributed by atoms with E-state index in [1.807, 2.05) is 19.1 Å². The van der Waals surface area contributed by atoms with Crippen LogP contribution in [0.15, 0.2) is 12.2 Å². The van der Waals surface area contributed by atoms with E-state index in [4.69, 9.17) is 5.11 Å². The van der Waals surface area contributed by atoms with E-state index in [0.29, 0.717) is 25.0 Å². The Morgan fingerprint density at radius 1 is 1.28 bits per heavy atom. The number of carbonyl (C=O) groups is 1. The Labute approximate surface area is 155 Å². The number of hydrogen-bond donors (Lipinski definition) is 4. The van der Waals surface area contributed by atoms with Crippen LogP contribution in [-0.4, -0.2) is 55.7 Å². The quantitative estimate of drug-likeness (QED) is 0.392. The van der Waals surface area contributed by atoms with E-state index in [0.717, 1.165) is 19.3 Å². The number of aliphatic carboxylic acids is 1. The van der Waals surface area contributed by atoms with Crippen molar-refractivity contribution in [3.8, 4) is 0 Å². The number of carboxylic acids is 1. The van der Waals surface area contributed by atoms with Gasteiger partial charge in [-0.05, 0) is 25.2 Å². The molecule has 0 radical (unpaired) electrons. The molecule has 146 valence electrons. The lowest BCUT2D eigenvalue weighted by Crippen LogP contribution is -2.26. The van der Waals surface area contributed by atoms with Crippen LogP contribution in [0.5, 0.6) is 0 Å². The summed E-state index contributed by atoms with van der Waals surface area (Å²) in [5.74, 6) is -0.0422. The Kier molecular flexibility index (Phi) is 10.7. The number of allylic oxidation sites excluding steroid dienone is 2. The predicted octanol–water partition coefficient (Wildman–Crippen LogP) is 2.83. The van der Waals surface area contributed by atoms with Gasteiger partial charge in [-0.1, -0.05) is 38.8 Å². The smallest absolute Gasteiger partial charge is 0.303 e. The molecule has 0 amide bonds. The zero-order valence-electron chi connectivity index (χ0n) is 15.4. The second-order valence-corrected chi connectivity index (χ2v) is 8.41. The Morgan fingerprint density at radius 3 is 2.64 bits per heavy atom. The summed E-state index contributed by atoms with van der Waals surface area (Å²) >= 11 is 1.56. The molecule has 4 N–H and O–H groups in total. The fraction of sp³-hybridized carbons (Fsp3) is 0.842. The molecule has 0 heterocycles. The van der Waals surface area contributed by atoms with E-state index in [-0.39, 0.29) is 29.6 Å². The molecule has 6 heteroatoms. The van der Waals surface area contributed by atoms with Crippen molar-refractivity contribution in [3.05, 3.63) is 12.2 Å². The molecular weight excluding hydrogens is 340 g/mol. The van der Waals surface area contributed by atoms with Crippen molar-refractivity contribution in [1.82, 2.24) is 0 Å². The van der Waals surface area contributed by atoms with Gasteiger partial charge in [-0.3, -0.25) is 4.79 Å². The molecule has 6 atom stereocenters. The molecule has 0 bridgehead atoms. The van der Waals surface area contributed by atoms with Crippen LogP contribution in [0.1, 0.15) is 58.8 Å². The minimum atomic E-state index is -0.785. The number of rotatable bonds is 12. The number of thioether (sulfide) groups is 1. The minimum Gasteiger partial charge on any atom is -0.481 e. The second kappa shape index (κ2) is 11.9. The van der Waals surface area contributed by atoms with Gasteiger partial charge in [-0.2, -0.15) is 11.8 Å². The third-order valence-electron chi connectivity index (χ3n) is 4.84. The van der Waals surface area contributed by atoms with E-state index in [9.17, 15) is 20.1 Å². The van der Waals surface area contributed by atoms with Gasteiger partial charge in [0.25, 0.3) is 0 Å². The molecule has 1 aliphatic carbocycles. The fourth-order valence-corrected chi connectivity index (χ4v) is 4.73. The van der Waals surface area contributed by atoms with Crippen LogP contribution < -0.4 is 0 Å². The zero-order valence-corrected chi connectivity index (χ0v) is 16.2. The van der Waals surface area contributed by atoms with Crippen LogP contribution in [-0.2, 0) is 4.79 Å². The minimum absolute atomic E-state index is 0.0266. The Morgan fingerprint density at radius 2 is 2.00 bits per heavy atom. The number of unbranched alkanes of at least 4 members (excludes halogenated alkanes) is 1. The first-order valence-corrected chi connectivity index (χ1v) is 10.4. The first kappa shape index (κ1) is 22.5. The van der Waals surface area contributed by atoms with E-state index in [2.05, 4.69) is 6.92 Å². The molecule has 0 aromatic carbocycles. The highest BCUT2D eigenvalue weighted by Gasteiger charge is 2.41. The summed E-state index contributed by atoms with van der Waals surface area (Å²) in [6.45, 7) is 4.08. The van der Waals surface area contributed by atoms with Crippen molar-refractivity contribution in [2.45, 2.75) is 82.4 Å². The molecule has 1 fully saturated rings. The van der Waals surface area contributed by atoms with Crippen LogP contribution in [0.4, 0.5) is 0 Å². The average molecular weight is 375 g/mol. The molecule has 0 aliphatic heterocycles. The molecule has 0 saturated heterocycles. The highest BCUT2D eigenvalue weighted by Crippen LogP contribution is 2.38. The van der Waals surface area contributed by atoms with Gasteiger partial charge in [0, 0.05) is 29.8 Å². The predicted molar refractivity (Wildman–Crippen MR) is 102 cm³/mol. The van der Waals surface area contributed by atoms with E-state index in [1.165, 1.54) is 0 Å². The first-order chi connectivity index (χ1) is 11.8. The number of carboxylic acid groups (broad SMARTS) is 1. The maximum absolute atomic E-state index is 10.6. The van der Waals surface area contributed by atoms with E-state index >= 15 is 0 Å². The third-order valence-corrected chi connectivity index (χ3v) is 6.46. The topological polar surface area (TPSA) is 98.0 Å². The van der Waals surface area contributed by atoms with Crippen molar-refractivity contribution >= 4 is 17.7 Å². The lowest BCUT2D eigenvalue weighted by Gasteiger charge is -2.23. The standard InChI is InChI=1S/C19H34O5S/c1-3-4-7-14(20)12-25-19-15(16(21)11-17(19)22)8-5-6-13(2)9-10-18(23)24/h5-6,13-17,19-22H,3-4,7-12H2,1-2H3,(H,23,24)/b6-5-. The van der Waals surface area contributed by atoms with Gasteiger partial charge in [0.05, 0.1) is 18.3 Å². The molecular formula is C19H34O5S. The maximum atomic E-state index is 10.6. The monoisotopic (exact) mass is 374 g/mol. The van der Waals surface area contributed by atoms with Crippen molar-refractivity contribution in [2.75, 3.05) is 5.75 Å². The summed E-state index contributed by atoms with van der Waals surface area (Å²) in [6, 6.07) is 0. The van der Waals surface area contributed by atoms with E-state index in [1.54, 1.807) is 11.8 Å². The Bertz CT molecular complexity index is 415. The molecule has 1 rings (SSSR count). The summed E-state index contributed by atoms with van der Waals surface area (Å²) < 4.78 is 0. The van der Waals surface area contributed by atoms with Crippen molar-refractivity contribution in [1.29, 1.82) is 0 Å². The maximum Gasteiger partial charge on any atom is 0.303 e. The lowest BCUT2D eigenvalue weighted by molar-refractivity contribution is -0.137. The van der Waals surface area contributed by atoms with Crippen molar-refractivity contribution in [3.63, 3.8) is 0 Å². The molecule has 5 nitrogen and oxygen atoms in total. The SMILES string of the molecule is CCCCC(O)CSC1C(O)CC(O)C1C/C=C\C(C)CCC(=O)O. The van der Waals surface area contributed by atoms with Gasteiger partial charge in [0.15, 0.2) is 0 Å². The van der Waals surface area contributed by atoms with Crippen LogP contribution in [0, 0.1) is 11.8 Å². The molecule has 0 spiro atoms. The summed E-state index contributed by atoms with van der Waals surface area (Å²) in [5, 5.41) is 39.1. The van der Waals surface area contributed by atoms with Gasteiger partial charge in [-0.15, -0.1) is 0 Å². The Balaban J connectivity index is 2.46. The summed E-state index contributed by atoms with van der Waals surface area (Å²) in [7, 11) is 0. The van der Waals surface area contributed by atoms with Crippen LogP contribution in [0.2, 0.25) is 0 Å². The van der Waals surface area contributed by atoms with Crippen LogP contribution >= 0.6 is 11.8 Å².